The summed E-state index contributed by atoms with van der Waals surface area (Å²) in [5.74, 6) is 0.587. The Morgan fingerprint density at radius 1 is 1.50 bits per heavy atom. The summed E-state index contributed by atoms with van der Waals surface area (Å²) in [4.78, 5) is 4.24. The summed E-state index contributed by atoms with van der Waals surface area (Å²) < 4.78 is 10.6. The summed E-state index contributed by atoms with van der Waals surface area (Å²) in [5, 5.41) is 14.0. The molecule has 1 unspecified atom stereocenters. The van der Waals surface area contributed by atoms with Crippen LogP contribution in [0, 0.1) is 0 Å². The Morgan fingerprint density at radius 3 is 3.10 bits per heavy atom. The molecule has 0 saturated carbocycles. The number of rotatable bonds is 3. The number of aliphatic hydroxyl groups is 1. The first-order valence-electron chi connectivity index (χ1n) is 6.94. The lowest BCUT2D eigenvalue weighted by Gasteiger charge is -2.31. The fourth-order valence-corrected chi connectivity index (χ4v) is 3.28. The molecule has 1 aliphatic carbocycles. The van der Waals surface area contributed by atoms with E-state index in [0.29, 0.717) is 24.2 Å². The van der Waals surface area contributed by atoms with E-state index in [2.05, 4.69) is 10.3 Å². The van der Waals surface area contributed by atoms with Gasteiger partial charge >= 0.3 is 0 Å². The van der Waals surface area contributed by atoms with Crippen molar-refractivity contribution in [2.24, 2.45) is 0 Å². The number of aryl methyl sites for hydroxylation is 1. The largest absolute Gasteiger partial charge is 0.481 e. The normalized spacial score (nSPS) is 29.2. The first kappa shape index (κ1) is 14.1. The smallest absolute Gasteiger partial charge is 0.219 e. The van der Waals surface area contributed by atoms with Crippen molar-refractivity contribution < 1.29 is 14.6 Å². The van der Waals surface area contributed by atoms with Gasteiger partial charge in [0.05, 0.1) is 19.8 Å². The summed E-state index contributed by atoms with van der Waals surface area (Å²) >= 11 is 6.00. The molecule has 110 valence electrons. The maximum Gasteiger partial charge on any atom is 0.219 e. The fraction of sp³-hybridized carbons (Fsp3) is 0.643. The molecule has 3 rings (SSSR count). The SMILES string of the molecule is COc1nc(Cl)cc2c1[C@@H](NC1CCOC[C@@H]1O)CC2. The average Bonchev–Trinajstić information content (AvgIpc) is 2.83. The first-order valence-corrected chi connectivity index (χ1v) is 7.32. The molecule has 1 saturated heterocycles. The predicted molar refractivity (Wildman–Crippen MR) is 75.2 cm³/mol. The van der Waals surface area contributed by atoms with Crippen LogP contribution in [-0.4, -0.2) is 42.6 Å². The quantitative estimate of drug-likeness (QED) is 0.828. The van der Waals surface area contributed by atoms with Gasteiger partial charge in [-0.1, -0.05) is 11.6 Å². The highest BCUT2D eigenvalue weighted by atomic mass is 35.5. The Bertz CT molecular complexity index is 498. The molecule has 0 amide bonds. The molecule has 2 heterocycles. The van der Waals surface area contributed by atoms with Crippen LogP contribution in [0.4, 0.5) is 0 Å². The van der Waals surface area contributed by atoms with Crippen molar-refractivity contribution in [1.29, 1.82) is 0 Å². The van der Waals surface area contributed by atoms with Crippen LogP contribution in [0.3, 0.4) is 0 Å². The van der Waals surface area contributed by atoms with Crippen LogP contribution in [0.5, 0.6) is 5.88 Å². The van der Waals surface area contributed by atoms with Crippen LogP contribution >= 0.6 is 11.6 Å². The van der Waals surface area contributed by atoms with Crippen LogP contribution in [0.2, 0.25) is 5.15 Å². The molecule has 2 N–H and O–H groups in total. The van der Waals surface area contributed by atoms with E-state index in [-0.39, 0.29) is 12.1 Å². The van der Waals surface area contributed by atoms with Crippen molar-refractivity contribution >= 4 is 11.6 Å². The lowest BCUT2D eigenvalue weighted by molar-refractivity contribution is -0.0304. The Morgan fingerprint density at radius 2 is 2.35 bits per heavy atom. The Labute approximate surface area is 123 Å². The van der Waals surface area contributed by atoms with Gasteiger partial charge in [0, 0.05) is 24.3 Å². The Balaban J connectivity index is 1.81. The van der Waals surface area contributed by atoms with Crippen molar-refractivity contribution in [3.63, 3.8) is 0 Å². The van der Waals surface area contributed by atoms with E-state index in [0.717, 1.165) is 24.8 Å². The van der Waals surface area contributed by atoms with Crippen LogP contribution < -0.4 is 10.1 Å². The minimum absolute atomic E-state index is 0.0556. The zero-order valence-electron chi connectivity index (χ0n) is 11.4. The van der Waals surface area contributed by atoms with Gasteiger partial charge in [0.2, 0.25) is 5.88 Å². The third-order valence-corrected chi connectivity index (χ3v) is 4.26. The zero-order chi connectivity index (χ0) is 14.1. The molecule has 0 bridgehead atoms. The lowest BCUT2D eigenvalue weighted by Crippen LogP contribution is -2.47. The molecule has 1 aromatic heterocycles. The van der Waals surface area contributed by atoms with Crippen molar-refractivity contribution in [3.8, 4) is 5.88 Å². The molecule has 0 aromatic carbocycles. The number of hydrogen-bond donors (Lipinski definition) is 2. The van der Waals surface area contributed by atoms with Crippen LogP contribution in [-0.2, 0) is 11.2 Å². The van der Waals surface area contributed by atoms with Crippen molar-refractivity contribution in [1.82, 2.24) is 10.3 Å². The standard InChI is InChI=1S/C14H19ClN2O3/c1-19-14-13-8(6-12(15)17-14)2-3-10(13)16-9-4-5-20-7-11(9)18/h6,9-11,16,18H,2-5,7H2,1H3/t9?,10-,11-/m0/s1. The molecule has 1 aliphatic heterocycles. The number of pyridine rings is 1. The third-order valence-electron chi connectivity index (χ3n) is 4.06. The van der Waals surface area contributed by atoms with E-state index in [4.69, 9.17) is 21.1 Å². The summed E-state index contributed by atoms with van der Waals surface area (Å²) in [6, 6.07) is 2.11. The summed E-state index contributed by atoms with van der Waals surface area (Å²) in [6.45, 7) is 1.08. The molecule has 1 aromatic rings. The Kier molecular flexibility index (Phi) is 4.12. The Hall–Kier alpha value is -0.880. The second kappa shape index (κ2) is 5.85. The molecular formula is C14H19ClN2O3. The molecule has 1 fully saturated rings. The fourth-order valence-electron chi connectivity index (χ4n) is 3.07. The number of nitrogens with zero attached hydrogens (tertiary/aromatic N) is 1. The van der Waals surface area contributed by atoms with Gasteiger partial charge < -0.3 is 19.9 Å². The van der Waals surface area contributed by atoms with Gasteiger partial charge in [-0.2, -0.15) is 0 Å². The molecule has 5 nitrogen and oxygen atoms in total. The van der Waals surface area contributed by atoms with E-state index >= 15 is 0 Å². The number of hydrogen-bond acceptors (Lipinski definition) is 5. The van der Waals surface area contributed by atoms with Gasteiger partial charge in [-0.15, -0.1) is 0 Å². The van der Waals surface area contributed by atoms with Crippen molar-refractivity contribution in [3.05, 3.63) is 22.3 Å². The van der Waals surface area contributed by atoms with E-state index < -0.39 is 6.10 Å². The maximum absolute atomic E-state index is 9.99. The van der Waals surface area contributed by atoms with E-state index in [1.54, 1.807) is 7.11 Å². The van der Waals surface area contributed by atoms with Crippen molar-refractivity contribution in [2.75, 3.05) is 20.3 Å². The van der Waals surface area contributed by atoms with Crippen LogP contribution in [0.25, 0.3) is 0 Å². The monoisotopic (exact) mass is 298 g/mol. The molecule has 2 aliphatic rings. The molecule has 0 spiro atoms. The number of ether oxygens (including phenoxy) is 2. The molecule has 3 atom stereocenters. The minimum atomic E-state index is -0.459. The zero-order valence-corrected chi connectivity index (χ0v) is 12.2. The van der Waals surface area contributed by atoms with Gasteiger partial charge in [0.1, 0.15) is 5.15 Å². The molecular weight excluding hydrogens is 280 g/mol. The van der Waals surface area contributed by atoms with Crippen LogP contribution in [0.1, 0.15) is 30.0 Å². The molecule has 6 heteroatoms. The topological polar surface area (TPSA) is 63.6 Å². The van der Waals surface area contributed by atoms with Crippen LogP contribution in [0.15, 0.2) is 6.07 Å². The predicted octanol–water partition coefficient (Wildman–Crippen LogP) is 1.47. The van der Waals surface area contributed by atoms with Gasteiger partial charge in [0.25, 0.3) is 0 Å². The van der Waals surface area contributed by atoms with E-state index in [1.807, 2.05) is 6.07 Å². The number of nitrogens with one attached hydrogen (secondary N) is 1. The average molecular weight is 299 g/mol. The second-order valence-electron chi connectivity index (χ2n) is 5.32. The van der Waals surface area contributed by atoms with Gasteiger partial charge in [-0.3, -0.25) is 0 Å². The highest BCUT2D eigenvalue weighted by Crippen LogP contribution is 2.38. The van der Waals surface area contributed by atoms with Crippen molar-refractivity contribution in [2.45, 2.75) is 37.5 Å². The van der Waals surface area contributed by atoms with Gasteiger partial charge in [-0.05, 0) is 30.9 Å². The summed E-state index contributed by atoms with van der Waals surface area (Å²) in [6.07, 6.45) is 2.28. The highest BCUT2D eigenvalue weighted by Gasteiger charge is 2.32. The highest BCUT2D eigenvalue weighted by molar-refractivity contribution is 6.29. The number of fused-ring (bicyclic) bond motifs is 1. The minimum Gasteiger partial charge on any atom is -0.481 e. The number of methoxy groups -OCH3 is 1. The third kappa shape index (κ3) is 2.63. The molecule has 0 radical (unpaired) electrons. The summed E-state index contributed by atoms with van der Waals surface area (Å²) in [7, 11) is 1.61. The van der Waals surface area contributed by atoms with E-state index in [1.165, 1.54) is 5.56 Å². The van der Waals surface area contributed by atoms with Gasteiger partial charge in [-0.25, -0.2) is 4.98 Å². The lowest BCUT2D eigenvalue weighted by atomic mass is 10.0. The first-order chi connectivity index (χ1) is 9.69. The summed E-state index contributed by atoms with van der Waals surface area (Å²) in [5.41, 5.74) is 2.26. The molecule has 20 heavy (non-hydrogen) atoms. The maximum atomic E-state index is 9.99. The number of aromatic nitrogens is 1. The second-order valence-corrected chi connectivity index (χ2v) is 5.71. The number of halogens is 1. The number of aliphatic hydroxyl groups excluding tert-OH is 1. The van der Waals surface area contributed by atoms with Gasteiger partial charge in [0.15, 0.2) is 0 Å². The van der Waals surface area contributed by atoms with E-state index in [9.17, 15) is 5.11 Å².